The Kier molecular flexibility index (Phi) is 9.79. The minimum atomic E-state index is -4.10. The Morgan fingerprint density at radius 2 is 1.66 bits per heavy atom. The van der Waals surface area contributed by atoms with Crippen LogP contribution in [-0.4, -0.2) is 98.6 Å². The van der Waals surface area contributed by atoms with Crippen LogP contribution in [0.15, 0.2) is 48.5 Å². The maximum absolute atomic E-state index is 15.3. The van der Waals surface area contributed by atoms with Crippen molar-refractivity contribution in [2.75, 3.05) is 6.54 Å². The number of ether oxygens (including phenoxy) is 1. The molecule has 4 aromatic rings. The SMILES string of the molecule is O=C(O)N[C@H]1CCCCCC(F)(F)C[C@@H]2C[C@@]2(C(=O)NS(=O)(=O)C2CC2)NC(=O)[C@@H]2C[C@@H](Oc3nc4ccccc4nc3-c3nc4ccccc4s3)CN2C1=O. The highest BCUT2D eigenvalue weighted by Crippen LogP contribution is 2.51. The van der Waals surface area contributed by atoms with Crippen LogP contribution in [-0.2, 0) is 24.4 Å². The molecule has 0 unspecified atom stereocenters. The van der Waals surface area contributed by atoms with Crippen molar-refractivity contribution in [1.82, 2.24) is 35.2 Å². The fourth-order valence-electron chi connectivity index (χ4n) is 7.74. The van der Waals surface area contributed by atoms with Gasteiger partial charge in [0.05, 0.1) is 33.0 Å². The molecular formula is C37H39F2N7O8S2. The number of halogens is 2. The molecule has 4 N–H and O–H groups in total. The molecule has 2 saturated heterocycles. The van der Waals surface area contributed by atoms with Crippen molar-refractivity contribution in [1.29, 1.82) is 0 Å². The van der Waals surface area contributed by atoms with Gasteiger partial charge in [-0.3, -0.25) is 19.1 Å². The van der Waals surface area contributed by atoms with E-state index in [1.54, 1.807) is 18.2 Å². The molecule has 19 heteroatoms. The van der Waals surface area contributed by atoms with E-state index >= 15 is 8.78 Å². The van der Waals surface area contributed by atoms with E-state index in [1.807, 2.05) is 35.1 Å². The Balaban J connectivity index is 1.14. The molecule has 2 aromatic carbocycles. The zero-order chi connectivity index (χ0) is 39.4. The van der Waals surface area contributed by atoms with Gasteiger partial charge < -0.3 is 25.4 Å². The number of alkyl halides is 2. The van der Waals surface area contributed by atoms with Crippen molar-refractivity contribution in [3.8, 4) is 16.6 Å². The van der Waals surface area contributed by atoms with E-state index in [4.69, 9.17) is 19.7 Å². The van der Waals surface area contributed by atoms with Crippen LogP contribution < -0.4 is 20.1 Å². The summed E-state index contributed by atoms with van der Waals surface area (Å²) in [5, 5.41) is 14.2. The average Bonchev–Trinajstić information content (AvgIpc) is 4.03. The second-order valence-corrected chi connectivity index (χ2v) is 18.0. The number of rotatable bonds is 7. The van der Waals surface area contributed by atoms with Crippen LogP contribution in [0.2, 0.25) is 0 Å². The van der Waals surface area contributed by atoms with Gasteiger partial charge in [-0.25, -0.2) is 36.9 Å². The van der Waals surface area contributed by atoms with Gasteiger partial charge >= 0.3 is 6.09 Å². The Morgan fingerprint density at radius 1 is 0.946 bits per heavy atom. The molecule has 2 aliphatic heterocycles. The average molecular weight is 812 g/mol. The predicted molar refractivity (Wildman–Crippen MR) is 199 cm³/mol. The summed E-state index contributed by atoms with van der Waals surface area (Å²) in [6, 6.07) is 12.0. The van der Waals surface area contributed by atoms with Crippen molar-refractivity contribution in [3.05, 3.63) is 48.5 Å². The number of nitrogens with one attached hydrogen (secondary N) is 3. The summed E-state index contributed by atoms with van der Waals surface area (Å²) in [4.78, 5) is 69.6. The third-order valence-electron chi connectivity index (χ3n) is 10.9. The van der Waals surface area contributed by atoms with E-state index in [0.29, 0.717) is 34.6 Å². The topological polar surface area (TPSA) is 210 Å². The third kappa shape index (κ3) is 7.70. The number of thiazole rings is 1. The number of aromatic nitrogens is 3. The molecule has 4 amide bonds. The third-order valence-corrected chi connectivity index (χ3v) is 13.8. The van der Waals surface area contributed by atoms with Crippen molar-refractivity contribution in [2.24, 2.45) is 5.92 Å². The van der Waals surface area contributed by atoms with E-state index in [0.717, 1.165) is 10.2 Å². The lowest BCUT2D eigenvalue weighted by Crippen LogP contribution is -2.58. The molecule has 2 aliphatic carbocycles. The van der Waals surface area contributed by atoms with E-state index in [2.05, 4.69) is 10.6 Å². The fraction of sp³-hybridized carbons (Fsp3) is 0.486. The molecule has 5 atom stereocenters. The number of para-hydroxylation sites is 3. The van der Waals surface area contributed by atoms with Crippen LogP contribution in [0.4, 0.5) is 13.6 Å². The van der Waals surface area contributed by atoms with Crippen LogP contribution in [0.3, 0.4) is 0 Å². The highest BCUT2D eigenvalue weighted by molar-refractivity contribution is 7.91. The Morgan fingerprint density at radius 3 is 2.38 bits per heavy atom. The minimum Gasteiger partial charge on any atom is -0.471 e. The minimum absolute atomic E-state index is 0.0149. The summed E-state index contributed by atoms with van der Waals surface area (Å²) in [6.45, 7) is -0.209. The number of benzene rings is 2. The van der Waals surface area contributed by atoms with Crippen molar-refractivity contribution >= 4 is 66.4 Å². The molecule has 4 fully saturated rings. The number of carbonyl (C=O) groups excluding carboxylic acids is 3. The quantitative estimate of drug-likeness (QED) is 0.206. The molecule has 0 spiro atoms. The predicted octanol–water partition coefficient (Wildman–Crippen LogP) is 4.36. The Hall–Kier alpha value is -5.04. The molecular weight excluding hydrogens is 773 g/mol. The number of carboxylic acid groups (broad SMARTS) is 1. The van der Waals surface area contributed by atoms with Gasteiger partial charge in [-0.2, -0.15) is 0 Å². The standard InChI is InChI=1S/C37H39F2N7O8S2/c38-36(39)15-7-1-2-11-26(43-35(50)51)33(48)46-19-21(16-27(46)30(47)44-37(18-20(37)17-36)34(49)45-56(52,53)22-13-14-22)54-31-29(40-23-8-3-4-9-24(23)41-31)32-42-25-10-5-6-12-28(25)55-32/h3-6,8-10,12,20-22,26-27,43H,1-2,7,11,13-19H2,(H,44,47)(H,45,49)(H,50,51)/t20-,21-,26+,27+,37-/m1/s1. The number of hydrogen-bond acceptors (Lipinski definition) is 11. The summed E-state index contributed by atoms with van der Waals surface area (Å²) >= 11 is 1.37. The molecule has 8 rings (SSSR count). The first-order valence-electron chi connectivity index (χ1n) is 18.6. The fourth-order valence-corrected chi connectivity index (χ4v) is 10.0. The van der Waals surface area contributed by atoms with Gasteiger partial charge in [0.2, 0.25) is 33.6 Å². The number of amides is 4. The van der Waals surface area contributed by atoms with E-state index in [9.17, 15) is 32.7 Å². The van der Waals surface area contributed by atoms with E-state index in [1.165, 1.54) is 16.2 Å². The maximum atomic E-state index is 15.3. The van der Waals surface area contributed by atoms with Gasteiger partial charge in [0.1, 0.15) is 28.7 Å². The number of fused-ring (bicyclic) bond motifs is 4. The zero-order valence-corrected chi connectivity index (χ0v) is 31.6. The molecule has 15 nitrogen and oxygen atoms in total. The van der Waals surface area contributed by atoms with Crippen LogP contribution in [0, 0.1) is 5.92 Å². The molecule has 4 aliphatic rings. The van der Waals surface area contributed by atoms with Crippen molar-refractivity contribution in [3.63, 3.8) is 0 Å². The Labute approximate surface area is 323 Å². The van der Waals surface area contributed by atoms with Gasteiger partial charge in [-0.1, -0.05) is 37.1 Å². The van der Waals surface area contributed by atoms with Crippen LogP contribution in [0.5, 0.6) is 5.88 Å². The van der Waals surface area contributed by atoms with Gasteiger partial charge in [-0.15, -0.1) is 11.3 Å². The van der Waals surface area contributed by atoms with Gasteiger partial charge in [0.15, 0.2) is 5.69 Å². The molecule has 4 heterocycles. The van der Waals surface area contributed by atoms with Gasteiger partial charge in [0, 0.05) is 19.3 Å². The first-order chi connectivity index (χ1) is 26.7. The molecule has 2 aromatic heterocycles. The highest BCUT2D eigenvalue weighted by atomic mass is 32.2. The van der Waals surface area contributed by atoms with Gasteiger partial charge in [-0.05, 0) is 62.3 Å². The summed E-state index contributed by atoms with van der Waals surface area (Å²) in [5.74, 6) is -6.98. The first-order valence-corrected chi connectivity index (χ1v) is 20.9. The molecule has 0 radical (unpaired) electrons. The summed E-state index contributed by atoms with van der Waals surface area (Å²) in [7, 11) is -4.10. The second kappa shape index (κ2) is 14.5. The van der Waals surface area contributed by atoms with Crippen LogP contribution >= 0.6 is 11.3 Å². The monoisotopic (exact) mass is 811 g/mol. The number of nitrogens with zero attached hydrogens (tertiary/aromatic N) is 4. The zero-order valence-electron chi connectivity index (χ0n) is 29.9. The number of sulfonamides is 1. The van der Waals surface area contributed by atoms with Crippen LogP contribution in [0.25, 0.3) is 32.0 Å². The highest BCUT2D eigenvalue weighted by Gasteiger charge is 2.65. The first kappa shape index (κ1) is 37.9. The second-order valence-electron chi connectivity index (χ2n) is 15.0. The van der Waals surface area contributed by atoms with Crippen molar-refractivity contribution < 1.29 is 46.2 Å². The maximum Gasteiger partial charge on any atom is 0.405 e. The lowest BCUT2D eigenvalue weighted by molar-refractivity contribution is -0.141. The Bertz CT molecular complexity index is 2310. The van der Waals surface area contributed by atoms with E-state index < -0.39 is 87.5 Å². The number of hydrogen-bond donors (Lipinski definition) is 4. The van der Waals surface area contributed by atoms with Gasteiger partial charge in [0.25, 0.3) is 5.91 Å². The summed E-state index contributed by atoms with van der Waals surface area (Å²) in [5.41, 5.74) is 0.162. The molecule has 296 valence electrons. The molecule has 56 heavy (non-hydrogen) atoms. The summed E-state index contributed by atoms with van der Waals surface area (Å²) in [6.07, 6.45) is -2.86. The van der Waals surface area contributed by atoms with Crippen molar-refractivity contribution in [2.45, 2.75) is 99.1 Å². The smallest absolute Gasteiger partial charge is 0.405 e. The van der Waals surface area contributed by atoms with Crippen LogP contribution in [0.1, 0.15) is 64.2 Å². The van der Waals surface area contributed by atoms with E-state index in [-0.39, 0.29) is 50.9 Å². The normalized spacial score (nSPS) is 27.0. The summed E-state index contributed by atoms with van der Waals surface area (Å²) < 4.78 is 65.6. The molecule has 2 saturated carbocycles. The number of carbonyl (C=O) groups is 4. The largest absolute Gasteiger partial charge is 0.471 e. The lowest BCUT2D eigenvalue weighted by Gasteiger charge is -2.29. The lowest BCUT2D eigenvalue weighted by atomic mass is 10.00. The molecule has 0 bridgehead atoms.